The molecule has 2 nitrogen and oxygen atoms in total. The van der Waals surface area contributed by atoms with Crippen LogP contribution in [0.5, 0.6) is 0 Å². The fraction of sp³-hybridized carbons (Fsp3) is 1.00. The molecular weight excluding hydrogens is 150 g/mol. The van der Waals surface area contributed by atoms with Crippen LogP contribution in [0.15, 0.2) is 0 Å². The lowest BCUT2D eigenvalue weighted by molar-refractivity contribution is 0.106. The number of likely N-dealkylation sites (tertiary alicyclic amines) is 1. The van der Waals surface area contributed by atoms with Gasteiger partial charge in [0.25, 0.3) is 0 Å². The van der Waals surface area contributed by atoms with Gasteiger partial charge in [-0.1, -0.05) is 13.8 Å². The van der Waals surface area contributed by atoms with E-state index in [-0.39, 0.29) is 6.10 Å². The fourth-order valence-corrected chi connectivity index (χ4v) is 2.17. The molecule has 2 heteroatoms. The number of rotatable bonds is 3. The van der Waals surface area contributed by atoms with Gasteiger partial charge in [0.1, 0.15) is 0 Å². The van der Waals surface area contributed by atoms with Gasteiger partial charge in [0.15, 0.2) is 0 Å². The summed E-state index contributed by atoms with van der Waals surface area (Å²) in [6.07, 6.45) is 2.43. The minimum atomic E-state index is -0.177. The molecule has 0 aromatic heterocycles. The van der Waals surface area contributed by atoms with E-state index in [9.17, 15) is 5.11 Å². The summed E-state index contributed by atoms with van der Waals surface area (Å²) in [6.45, 7) is 8.43. The molecule has 0 aromatic rings. The van der Waals surface area contributed by atoms with E-state index in [4.69, 9.17) is 0 Å². The normalized spacial score (nSPS) is 28.2. The maximum atomic E-state index is 9.27. The van der Waals surface area contributed by atoms with Gasteiger partial charge in [-0.05, 0) is 32.2 Å². The van der Waals surface area contributed by atoms with Crippen LogP contribution in [0.2, 0.25) is 0 Å². The first-order chi connectivity index (χ1) is 5.61. The van der Waals surface area contributed by atoms with Gasteiger partial charge in [0.2, 0.25) is 0 Å². The van der Waals surface area contributed by atoms with Gasteiger partial charge < -0.3 is 5.11 Å². The fourth-order valence-electron chi connectivity index (χ4n) is 2.17. The monoisotopic (exact) mass is 171 g/mol. The van der Waals surface area contributed by atoms with E-state index in [1.807, 2.05) is 6.92 Å². The molecule has 1 unspecified atom stereocenters. The molecule has 0 aliphatic carbocycles. The third-order valence-corrected chi connectivity index (χ3v) is 2.68. The molecule has 0 spiro atoms. The molecule has 1 saturated heterocycles. The zero-order valence-electron chi connectivity index (χ0n) is 8.45. The molecular formula is C10H21NO. The van der Waals surface area contributed by atoms with Crippen LogP contribution < -0.4 is 0 Å². The lowest BCUT2D eigenvalue weighted by Gasteiger charge is -2.28. The summed E-state index contributed by atoms with van der Waals surface area (Å²) < 4.78 is 0. The van der Waals surface area contributed by atoms with E-state index < -0.39 is 0 Å². The third kappa shape index (κ3) is 2.46. The molecule has 1 heterocycles. The predicted octanol–water partition coefficient (Wildman–Crippen LogP) is 1.49. The SMILES string of the molecule is CC(C)C1CCCN1C[C@H](C)O. The van der Waals surface area contributed by atoms with Gasteiger partial charge in [0, 0.05) is 12.6 Å². The Morgan fingerprint density at radius 3 is 2.58 bits per heavy atom. The molecule has 0 aromatic carbocycles. The Labute approximate surface area is 75.6 Å². The van der Waals surface area contributed by atoms with E-state index >= 15 is 0 Å². The van der Waals surface area contributed by atoms with Crippen molar-refractivity contribution in [3.63, 3.8) is 0 Å². The summed E-state index contributed by atoms with van der Waals surface area (Å²) >= 11 is 0. The van der Waals surface area contributed by atoms with Crippen LogP contribution >= 0.6 is 0 Å². The van der Waals surface area contributed by atoms with Crippen LogP contribution in [0.25, 0.3) is 0 Å². The molecule has 12 heavy (non-hydrogen) atoms. The number of aliphatic hydroxyl groups excluding tert-OH is 1. The van der Waals surface area contributed by atoms with Gasteiger partial charge in [-0.3, -0.25) is 4.90 Å². The maximum absolute atomic E-state index is 9.27. The Morgan fingerprint density at radius 2 is 2.08 bits per heavy atom. The molecule has 1 N–H and O–H groups in total. The van der Waals surface area contributed by atoms with Crippen molar-refractivity contribution in [3.8, 4) is 0 Å². The van der Waals surface area contributed by atoms with Crippen LogP contribution in [-0.4, -0.2) is 35.2 Å². The molecule has 0 radical (unpaired) electrons. The lowest BCUT2D eigenvalue weighted by atomic mass is 10.0. The third-order valence-electron chi connectivity index (χ3n) is 2.68. The second-order valence-electron chi connectivity index (χ2n) is 4.30. The standard InChI is InChI=1S/C10H21NO/c1-8(2)10-5-4-6-11(10)7-9(3)12/h8-10,12H,4-7H2,1-3H3/t9-,10?/m0/s1. The molecule has 0 saturated carbocycles. The Balaban J connectivity index is 2.41. The molecule has 2 atom stereocenters. The maximum Gasteiger partial charge on any atom is 0.0639 e. The number of β-amino-alcohol motifs (C(OH)–C–C–N with tert-alkyl or cyclic N) is 1. The summed E-state index contributed by atoms with van der Waals surface area (Å²) in [7, 11) is 0. The number of aliphatic hydroxyl groups is 1. The van der Waals surface area contributed by atoms with Crippen LogP contribution in [-0.2, 0) is 0 Å². The van der Waals surface area contributed by atoms with Crippen LogP contribution in [0.1, 0.15) is 33.6 Å². The highest BCUT2D eigenvalue weighted by Gasteiger charge is 2.27. The van der Waals surface area contributed by atoms with E-state index in [1.54, 1.807) is 0 Å². The zero-order chi connectivity index (χ0) is 9.14. The summed E-state index contributed by atoms with van der Waals surface area (Å²) in [5, 5.41) is 9.27. The Hall–Kier alpha value is -0.0800. The van der Waals surface area contributed by atoms with Gasteiger partial charge in [-0.25, -0.2) is 0 Å². The molecule has 72 valence electrons. The second kappa shape index (κ2) is 4.24. The largest absolute Gasteiger partial charge is 0.392 e. The molecule has 1 aliphatic heterocycles. The second-order valence-corrected chi connectivity index (χ2v) is 4.30. The van der Waals surface area contributed by atoms with Crippen molar-refractivity contribution in [1.82, 2.24) is 4.90 Å². The molecule has 1 fully saturated rings. The number of nitrogens with zero attached hydrogens (tertiary/aromatic N) is 1. The van der Waals surface area contributed by atoms with Crippen LogP contribution in [0.4, 0.5) is 0 Å². The summed E-state index contributed by atoms with van der Waals surface area (Å²) in [4.78, 5) is 2.43. The minimum Gasteiger partial charge on any atom is -0.392 e. The minimum absolute atomic E-state index is 0.177. The molecule has 0 amide bonds. The van der Waals surface area contributed by atoms with E-state index in [0.717, 1.165) is 12.5 Å². The van der Waals surface area contributed by atoms with E-state index in [1.165, 1.54) is 19.4 Å². The van der Waals surface area contributed by atoms with E-state index in [2.05, 4.69) is 18.7 Å². The smallest absolute Gasteiger partial charge is 0.0639 e. The van der Waals surface area contributed by atoms with Crippen molar-refractivity contribution < 1.29 is 5.11 Å². The summed E-state index contributed by atoms with van der Waals surface area (Å²) in [5.74, 6) is 0.728. The summed E-state index contributed by atoms with van der Waals surface area (Å²) in [5.41, 5.74) is 0. The van der Waals surface area contributed by atoms with Gasteiger partial charge in [-0.15, -0.1) is 0 Å². The van der Waals surface area contributed by atoms with Crippen molar-refractivity contribution >= 4 is 0 Å². The predicted molar refractivity (Wildman–Crippen MR) is 51.1 cm³/mol. The highest BCUT2D eigenvalue weighted by atomic mass is 16.3. The highest BCUT2D eigenvalue weighted by Crippen LogP contribution is 2.23. The first kappa shape index (κ1) is 10.0. The van der Waals surface area contributed by atoms with Gasteiger partial charge in [-0.2, -0.15) is 0 Å². The quantitative estimate of drug-likeness (QED) is 0.695. The first-order valence-electron chi connectivity index (χ1n) is 5.03. The van der Waals surface area contributed by atoms with Crippen molar-refractivity contribution in [2.75, 3.05) is 13.1 Å². The zero-order valence-corrected chi connectivity index (χ0v) is 8.45. The van der Waals surface area contributed by atoms with Crippen molar-refractivity contribution in [1.29, 1.82) is 0 Å². The van der Waals surface area contributed by atoms with Crippen molar-refractivity contribution in [3.05, 3.63) is 0 Å². The van der Waals surface area contributed by atoms with Gasteiger partial charge in [0.05, 0.1) is 6.10 Å². The van der Waals surface area contributed by atoms with Crippen molar-refractivity contribution in [2.45, 2.75) is 45.8 Å². The Kier molecular flexibility index (Phi) is 3.53. The van der Waals surface area contributed by atoms with Gasteiger partial charge >= 0.3 is 0 Å². The Morgan fingerprint density at radius 1 is 1.42 bits per heavy atom. The highest BCUT2D eigenvalue weighted by molar-refractivity contribution is 4.82. The lowest BCUT2D eigenvalue weighted by Crippen LogP contribution is -2.38. The van der Waals surface area contributed by atoms with E-state index in [0.29, 0.717) is 6.04 Å². The Bertz CT molecular complexity index is 134. The number of hydrogen-bond donors (Lipinski definition) is 1. The average Bonchev–Trinajstić information content (AvgIpc) is 2.33. The van der Waals surface area contributed by atoms with Crippen LogP contribution in [0.3, 0.4) is 0 Å². The van der Waals surface area contributed by atoms with Crippen molar-refractivity contribution in [2.24, 2.45) is 5.92 Å². The topological polar surface area (TPSA) is 23.5 Å². The molecule has 1 rings (SSSR count). The van der Waals surface area contributed by atoms with Crippen LogP contribution in [0, 0.1) is 5.92 Å². The summed E-state index contributed by atoms with van der Waals surface area (Å²) in [6, 6.07) is 0.708. The first-order valence-corrected chi connectivity index (χ1v) is 5.03. The number of hydrogen-bond acceptors (Lipinski definition) is 2. The average molecular weight is 171 g/mol. The molecule has 0 bridgehead atoms. The molecule has 1 aliphatic rings.